The second-order valence-electron chi connectivity index (χ2n) is 16.1. The zero-order valence-electron chi connectivity index (χ0n) is 34.2. The molecule has 2 heterocycles. The van der Waals surface area contributed by atoms with E-state index in [1.54, 1.807) is 17.1 Å². The van der Waals surface area contributed by atoms with Gasteiger partial charge in [-0.05, 0) is 38.3 Å². The number of amides is 1. The summed E-state index contributed by atoms with van der Waals surface area (Å²) in [6, 6.07) is 11.7. The number of hydrogen-bond donors (Lipinski definition) is 7. The van der Waals surface area contributed by atoms with Crippen LogP contribution in [0.4, 0.5) is 0 Å². The molecule has 3 aliphatic rings. The normalized spacial score (nSPS) is 23.2. The van der Waals surface area contributed by atoms with Crippen molar-refractivity contribution in [3.8, 4) is 28.5 Å². The monoisotopic (exact) mass is 841 g/mol. The van der Waals surface area contributed by atoms with Crippen LogP contribution in [-0.4, -0.2) is 101 Å². The first-order valence-electron chi connectivity index (χ1n) is 20.5. The van der Waals surface area contributed by atoms with E-state index in [4.69, 9.17) is 19.4 Å². The maximum Gasteiger partial charge on any atom is 0.243 e. The van der Waals surface area contributed by atoms with Gasteiger partial charge in [-0.2, -0.15) is 0 Å². The number of ketones is 3. The fraction of sp³-hybridized carbons (Fsp3) is 0.455. The number of carbonyl (C=O) groups is 4. The van der Waals surface area contributed by atoms with Gasteiger partial charge in [0.1, 0.15) is 28.5 Å². The Balaban J connectivity index is 1.03. The molecule has 7 rings (SSSR count). The van der Waals surface area contributed by atoms with E-state index in [2.05, 4.69) is 15.6 Å². The van der Waals surface area contributed by atoms with Crippen LogP contribution in [0.25, 0.3) is 11.3 Å². The molecule has 17 heteroatoms. The maximum atomic E-state index is 14.0. The van der Waals surface area contributed by atoms with Gasteiger partial charge in [0.05, 0.1) is 48.3 Å². The standard InChI is InChI=1S/C44H51N5O12/c1-23-39(52)29(45-21-25-13-15-26(16-14-25)30-22-49(48-46-30)17-8-6-4-5-7-12-33(51)47-58)18-34(60-23)61-32-20-44(57,24(2)50)19-28-36(32)43(56)38-37(41(28)54)40(53)27-10-9-11-31(59-3)35(27)42(38)55/h9-11,13-16,22-23,29,32,34,39,45,52,54,56-58H,4-8,12,17-21H2,1-3H3,(H,47,51)/t23-,29-,32-,34-,39+,44-/m0/s1. The number of ether oxygens (including phenoxy) is 3. The van der Waals surface area contributed by atoms with Crippen molar-refractivity contribution in [2.24, 2.45) is 0 Å². The molecule has 1 saturated heterocycles. The van der Waals surface area contributed by atoms with Crippen molar-refractivity contribution in [3.63, 3.8) is 0 Å². The van der Waals surface area contributed by atoms with Crippen molar-refractivity contribution >= 4 is 23.3 Å². The van der Waals surface area contributed by atoms with Gasteiger partial charge in [0, 0.05) is 67.1 Å². The van der Waals surface area contributed by atoms with E-state index in [0.29, 0.717) is 19.5 Å². The predicted molar refractivity (Wildman–Crippen MR) is 216 cm³/mol. The van der Waals surface area contributed by atoms with Crippen LogP contribution in [0.5, 0.6) is 17.2 Å². The molecular formula is C44H51N5O12. The number of Topliss-reactive ketones (excluding diaryl/α,β-unsaturated/α-hetero) is 1. The van der Waals surface area contributed by atoms with Crippen molar-refractivity contribution in [3.05, 3.63) is 87.6 Å². The quantitative estimate of drug-likeness (QED) is 0.0321. The van der Waals surface area contributed by atoms with E-state index in [9.17, 15) is 39.6 Å². The van der Waals surface area contributed by atoms with Gasteiger partial charge in [-0.1, -0.05) is 60.9 Å². The Hall–Kier alpha value is -5.56. The molecule has 7 N–H and O–H groups in total. The molecule has 0 radical (unpaired) electrons. The lowest BCUT2D eigenvalue weighted by Gasteiger charge is -2.43. The molecule has 0 saturated carbocycles. The third-order valence-electron chi connectivity index (χ3n) is 12.0. The van der Waals surface area contributed by atoms with E-state index >= 15 is 0 Å². The number of rotatable bonds is 16. The van der Waals surface area contributed by atoms with E-state index in [-0.39, 0.29) is 46.8 Å². The molecule has 1 aromatic heterocycles. The molecule has 2 aliphatic carbocycles. The van der Waals surface area contributed by atoms with Crippen LogP contribution in [0.15, 0.2) is 48.7 Å². The summed E-state index contributed by atoms with van der Waals surface area (Å²) in [5, 5.41) is 66.8. The van der Waals surface area contributed by atoms with E-state index in [1.165, 1.54) is 32.2 Å². The summed E-state index contributed by atoms with van der Waals surface area (Å²) >= 11 is 0. The Bertz CT molecular complexity index is 2310. The summed E-state index contributed by atoms with van der Waals surface area (Å²) in [7, 11) is 1.34. The zero-order valence-corrected chi connectivity index (χ0v) is 34.2. The molecule has 1 amide bonds. The Morgan fingerprint density at radius 2 is 1.70 bits per heavy atom. The van der Waals surface area contributed by atoms with Crippen LogP contribution < -0.4 is 15.5 Å². The molecule has 0 bridgehead atoms. The summed E-state index contributed by atoms with van der Waals surface area (Å²) in [4.78, 5) is 51.8. The van der Waals surface area contributed by atoms with Gasteiger partial charge >= 0.3 is 0 Å². The van der Waals surface area contributed by atoms with Gasteiger partial charge in [-0.15, -0.1) is 5.10 Å². The fourth-order valence-electron chi connectivity index (χ4n) is 8.55. The highest BCUT2D eigenvalue weighted by atomic mass is 16.7. The predicted octanol–water partition coefficient (Wildman–Crippen LogP) is 3.96. The third kappa shape index (κ3) is 8.80. The number of aromatic hydroxyl groups is 2. The van der Waals surface area contributed by atoms with Crippen molar-refractivity contribution in [2.75, 3.05) is 7.11 Å². The number of fused-ring (bicyclic) bond motifs is 3. The first kappa shape index (κ1) is 43.5. The van der Waals surface area contributed by atoms with Gasteiger partial charge < -0.3 is 40.0 Å². The smallest absolute Gasteiger partial charge is 0.243 e. The van der Waals surface area contributed by atoms with Crippen LogP contribution in [0.2, 0.25) is 0 Å². The molecule has 1 aliphatic heterocycles. The number of nitrogens with one attached hydrogen (secondary N) is 2. The van der Waals surface area contributed by atoms with Gasteiger partial charge in [0.25, 0.3) is 0 Å². The number of aryl methyl sites for hydroxylation is 1. The van der Waals surface area contributed by atoms with Gasteiger partial charge in [-0.25, -0.2) is 5.48 Å². The van der Waals surface area contributed by atoms with Gasteiger partial charge in [-0.3, -0.25) is 29.1 Å². The van der Waals surface area contributed by atoms with Crippen LogP contribution in [0, 0.1) is 0 Å². The lowest BCUT2D eigenvalue weighted by Crippen LogP contribution is -2.54. The number of carbonyl (C=O) groups excluding carboxylic acids is 4. The second kappa shape index (κ2) is 18.2. The number of aliphatic hydroxyl groups is 2. The van der Waals surface area contributed by atoms with E-state index < -0.39 is 82.6 Å². The molecule has 3 aromatic carbocycles. The molecule has 324 valence electrons. The molecule has 1 fully saturated rings. The zero-order chi connectivity index (χ0) is 43.6. The first-order valence-corrected chi connectivity index (χ1v) is 20.5. The fourth-order valence-corrected chi connectivity index (χ4v) is 8.55. The molecule has 4 aromatic rings. The van der Waals surface area contributed by atoms with Crippen LogP contribution in [0.1, 0.15) is 120 Å². The number of methoxy groups -OCH3 is 1. The highest BCUT2D eigenvalue weighted by Crippen LogP contribution is 2.52. The summed E-state index contributed by atoms with van der Waals surface area (Å²) in [6.07, 6.45) is 2.02. The minimum Gasteiger partial charge on any atom is -0.507 e. The number of aliphatic hydroxyl groups excluding tert-OH is 1. The average molecular weight is 842 g/mol. The molecule has 6 atom stereocenters. The largest absolute Gasteiger partial charge is 0.507 e. The molecular weight excluding hydrogens is 791 g/mol. The number of phenols is 2. The van der Waals surface area contributed by atoms with E-state index in [1.807, 2.05) is 30.5 Å². The summed E-state index contributed by atoms with van der Waals surface area (Å²) in [5.41, 5.74) is 1.01. The number of nitrogens with zero attached hydrogens (tertiary/aromatic N) is 3. The number of hydrogen-bond acceptors (Lipinski definition) is 15. The van der Waals surface area contributed by atoms with Crippen molar-refractivity contribution in [1.29, 1.82) is 0 Å². The Morgan fingerprint density at radius 1 is 0.984 bits per heavy atom. The average Bonchev–Trinajstić information content (AvgIpc) is 3.72. The topological polar surface area (TPSA) is 252 Å². The minimum absolute atomic E-state index is 0.0278. The number of hydroxylamine groups is 1. The van der Waals surface area contributed by atoms with Crippen molar-refractivity contribution in [1.82, 2.24) is 25.8 Å². The summed E-state index contributed by atoms with van der Waals surface area (Å²) < 4.78 is 19.6. The highest BCUT2D eigenvalue weighted by molar-refractivity contribution is 6.31. The lowest BCUT2D eigenvalue weighted by molar-refractivity contribution is -0.249. The number of benzene rings is 3. The first-order chi connectivity index (χ1) is 29.2. The second-order valence-corrected chi connectivity index (χ2v) is 16.1. The summed E-state index contributed by atoms with van der Waals surface area (Å²) in [5.74, 6) is -3.63. The van der Waals surface area contributed by atoms with Crippen LogP contribution >= 0.6 is 0 Å². The lowest BCUT2D eigenvalue weighted by atomic mass is 9.72. The maximum absolute atomic E-state index is 14.0. The van der Waals surface area contributed by atoms with Gasteiger partial charge in [0.2, 0.25) is 11.7 Å². The SMILES string of the molecule is COc1cccc2c1C(=O)c1c(O)c3c(c(O)c1C2=O)C[C@@](O)(C(C)=O)C[C@@H]3O[C@H]1C[C@H](NCc2ccc(-c3cn(CCCCCCCC(=O)NO)nn3)cc2)[C@H](O)[C@H](C)O1. The van der Waals surface area contributed by atoms with Crippen molar-refractivity contribution < 1.29 is 59.0 Å². The van der Waals surface area contributed by atoms with Gasteiger partial charge in [0.15, 0.2) is 17.9 Å². The number of phenolic OH excluding ortho intramolecular Hbond substituents is 2. The Labute approximate surface area is 351 Å². The minimum atomic E-state index is -2.05. The van der Waals surface area contributed by atoms with E-state index in [0.717, 1.165) is 48.9 Å². The number of aromatic nitrogens is 3. The Kier molecular flexibility index (Phi) is 13.0. The van der Waals surface area contributed by atoms with Crippen LogP contribution in [0.3, 0.4) is 0 Å². The Morgan fingerprint density at radius 3 is 2.43 bits per heavy atom. The van der Waals surface area contributed by atoms with Crippen molar-refractivity contribution in [2.45, 2.75) is 121 Å². The molecule has 61 heavy (non-hydrogen) atoms. The third-order valence-corrected chi connectivity index (χ3v) is 12.0. The summed E-state index contributed by atoms with van der Waals surface area (Å²) in [6.45, 7) is 3.95. The molecule has 17 nitrogen and oxygen atoms in total. The van der Waals surface area contributed by atoms with Crippen LogP contribution in [-0.2, 0) is 38.6 Å². The molecule has 0 spiro atoms. The molecule has 0 unspecified atom stereocenters. The highest BCUT2D eigenvalue weighted by Gasteiger charge is 2.49. The number of unbranched alkanes of at least 4 members (excludes halogenated alkanes) is 4.